The van der Waals surface area contributed by atoms with Crippen LogP contribution in [-0.4, -0.2) is 34.7 Å². The number of urea groups is 1. The van der Waals surface area contributed by atoms with Crippen LogP contribution in [0.2, 0.25) is 0 Å². The van der Waals surface area contributed by atoms with Gasteiger partial charge in [-0.25, -0.2) is 4.79 Å². The number of hydrogen-bond donors (Lipinski definition) is 3. The molecular weight excluding hydrogens is 310 g/mol. The molecule has 24 heavy (non-hydrogen) atoms. The second-order valence-corrected chi connectivity index (χ2v) is 5.65. The Kier molecular flexibility index (Phi) is 5.05. The minimum Gasteiger partial charge on any atom is -0.352 e. The van der Waals surface area contributed by atoms with E-state index < -0.39 is 6.03 Å². The van der Waals surface area contributed by atoms with Crippen molar-refractivity contribution < 1.29 is 14.1 Å². The second kappa shape index (κ2) is 7.58. The van der Waals surface area contributed by atoms with Crippen molar-refractivity contribution in [1.82, 2.24) is 20.8 Å². The van der Waals surface area contributed by atoms with Crippen LogP contribution in [0.25, 0.3) is 11.4 Å². The molecule has 8 nitrogen and oxygen atoms in total. The third-order valence-corrected chi connectivity index (χ3v) is 3.81. The smallest absolute Gasteiger partial charge is 0.329 e. The van der Waals surface area contributed by atoms with Gasteiger partial charge in [-0.15, -0.1) is 0 Å². The van der Waals surface area contributed by atoms with E-state index in [1.165, 1.54) is 0 Å². The Morgan fingerprint density at radius 2 is 1.92 bits per heavy atom. The molecule has 1 heterocycles. The quantitative estimate of drug-likeness (QED) is 0.776. The van der Waals surface area contributed by atoms with Crippen LogP contribution >= 0.6 is 0 Å². The summed E-state index contributed by atoms with van der Waals surface area (Å²) in [5.41, 5.74) is 0.783. The van der Waals surface area contributed by atoms with Gasteiger partial charge in [0.05, 0.1) is 6.54 Å². The lowest BCUT2D eigenvalue weighted by Crippen LogP contribution is -2.42. The Morgan fingerprint density at radius 3 is 2.67 bits per heavy atom. The van der Waals surface area contributed by atoms with Crippen LogP contribution < -0.4 is 16.0 Å². The first-order valence-electron chi connectivity index (χ1n) is 7.94. The molecule has 126 valence electrons. The maximum Gasteiger partial charge on any atom is 0.329 e. The molecule has 2 aromatic rings. The van der Waals surface area contributed by atoms with Gasteiger partial charge in [0.25, 0.3) is 0 Å². The van der Waals surface area contributed by atoms with E-state index in [1.54, 1.807) is 0 Å². The molecule has 1 aromatic heterocycles. The number of hydrogen-bond acceptors (Lipinski definition) is 5. The summed E-state index contributed by atoms with van der Waals surface area (Å²) in [5.74, 6) is 0.178. The highest BCUT2D eigenvalue weighted by Gasteiger charge is 2.17. The van der Waals surface area contributed by atoms with E-state index >= 15 is 0 Å². The molecule has 1 saturated carbocycles. The molecule has 1 fully saturated rings. The van der Waals surface area contributed by atoms with Crippen LogP contribution in [0, 0.1) is 0 Å². The summed E-state index contributed by atoms with van der Waals surface area (Å²) in [6, 6.07) is 8.90. The van der Waals surface area contributed by atoms with Crippen molar-refractivity contribution in [2.75, 3.05) is 11.9 Å². The molecule has 1 aliphatic carbocycles. The Morgan fingerprint density at radius 1 is 1.17 bits per heavy atom. The number of carbonyl (C=O) groups excluding carboxylic acids is 2. The summed E-state index contributed by atoms with van der Waals surface area (Å²) >= 11 is 0. The number of benzene rings is 1. The van der Waals surface area contributed by atoms with E-state index in [0.29, 0.717) is 5.82 Å². The van der Waals surface area contributed by atoms with Gasteiger partial charge in [-0.1, -0.05) is 48.3 Å². The molecule has 3 amide bonds. The van der Waals surface area contributed by atoms with E-state index in [9.17, 15) is 9.59 Å². The van der Waals surface area contributed by atoms with Gasteiger partial charge < -0.3 is 15.2 Å². The molecule has 1 aromatic carbocycles. The molecule has 0 saturated heterocycles. The fourth-order valence-corrected chi connectivity index (χ4v) is 2.63. The zero-order chi connectivity index (χ0) is 16.8. The van der Waals surface area contributed by atoms with Crippen LogP contribution in [0.1, 0.15) is 25.7 Å². The highest BCUT2D eigenvalue weighted by molar-refractivity contribution is 5.90. The fraction of sp³-hybridized carbons (Fsp3) is 0.375. The van der Waals surface area contributed by atoms with E-state index in [-0.39, 0.29) is 24.5 Å². The highest BCUT2D eigenvalue weighted by atomic mass is 16.5. The average Bonchev–Trinajstić information content (AvgIpc) is 3.26. The molecule has 0 aliphatic heterocycles. The second-order valence-electron chi connectivity index (χ2n) is 5.65. The number of nitrogens with zero attached hydrogens (tertiary/aromatic N) is 2. The summed E-state index contributed by atoms with van der Waals surface area (Å²) in [5, 5.41) is 11.6. The predicted molar refractivity (Wildman–Crippen MR) is 87.2 cm³/mol. The van der Waals surface area contributed by atoms with Gasteiger partial charge in [0.1, 0.15) is 0 Å². The Bertz CT molecular complexity index is 695. The number of aromatic nitrogens is 2. The van der Waals surface area contributed by atoms with Gasteiger partial charge in [0.2, 0.25) is 11.7 Å². The molecule has 3 rings (SSSR count). The van der Waals surface area contributed by atoms with Gasteiger partial charge in [-0.2, -0.15) is 4.98 Å². The van der Waals surface area contributed by atoms with Crippen LogP contribution in [0.4, 0.5) is 10.8 Å². The normalized spacial score (nSPS) is 14.3. The van der Waals surface area contributed by atoms with Crippen LogP contribution in [0.15, 0.2) is 34.9 Å². The number of rotatable bonds is 5. The number of anilines is 1. The predicted octanol–water partition coefficient (Wildman–Crippen LogP) is 1.92. The SMILES string of the molecule is O=C(CNC(=O)Nc1nc(-c2ccccc2)no1)NC1CCCC1. The maximum absolute atomic E-state index is 11.8. The van der Waals surface area contributed by atoms with Gasteiger partial charge in [0.15, 0.2) is 0 Å². The van der Waals surface area contributed by atoms with E-state index in [2.05, 4.69) is 26.1 Å². The van der Waals surface area contributed by atoms with Crippen molar-refractivity contribution in [1.29, 1.82) is 0 Å². The molecule has 0 bridgehead atoms. The minimum atomic E-state index is -0.570. The lowest BCUT2D eigenvalue weighted by Gasteiger charge is -2.12. The molecule has 8 heteroatoms. The zero-order valence-corrected chi connectivity index (χ0v) is 13.1. The standard InChI is InChI=1S/C16H19N5O3/c22-13(18-12-8-4-5-9-12)10-17-15(23)20-16-19-14(21-24-16)11-6-2-1-3-7-11/h1-3,6-7,12H,4-5,8-10H2,(H,18,22)(H2,17,19,20,21,23). The van der Waals surface area contributed by atoms with Crippen molar-refractivity contribution in [2.24, 2.45) is 0 Å². The van der Waals surface area contributed by atoms with Gasteiger partial charge in [0, 0.05) is 11.6 Å². The first kappa shape index (κ1) is 16.0. The molecule has 0 unspecified atom stereocenters. The third-order valence-electron chi connectivity index (χ3n) is 3.81. The monoisotopic (exact) mass is 329 g/mol. The van der Waals surface area contributed by atoms with Crippen LogP contribution in [0.5, 0.6) is 0 Å². The largest absolute Gasteiger partial charge is 0.352 e. The number of carbonyl (C=O) groups is 2. The molecule has 0 spiro atoms. The number of nitrogens with one attached hydrogen (secondary N) is 3. The summed E-state index contributed by atoms with van der Waals surface area (Å²) in [6.07, 6.45) is 4.28. The Labute approximate surface area is 139 Å². The topological polar surface area (TPSA) is 109 Å². The maximum atomic E-state index is 11.8. The Hall–Kier alpha value is -2.90. The molecule has 3 N–H and O–H groups in total. The fourth-order valence-electron chi connectivity index (χ4n) is 2.63. The lowest BCUT2D eigenvalue weighted by molar-refractivity contribution is -0.120. The summed E-state index contributed by atoms with van der Waals surface area (Å²) in [6.45, 7) is -0.0952. The Balaban J connectivity index is 1.45. The first-order valence-corrected chi connectivity index (χ1v) is 7.94. The summed E-state index contributed by atoms with van der Waals surface area (Å²) in [7, 11) is 0. The number of amides is 3. The summed E-state index contributed by atoms with van der Waals surface area (Å²) < 4.78 is 4.97. The van der Waals surface area contributed by atoms with Gasteiger partial charge >= 0.3 is 12.0 Å². The van der Waals surface area contributed by atoms with Crippen LogP contribution in [0.3, 0.4) is 0 Å². The van der Waals surface area contributed by atoms with Gasteiger partial charge in [-0.3, -0.25) is 10.1 Å². The highest BCUT2D eigenvalue weighted by Crippen LogP contribution is 2.17. The lowest BCUT2D eigenvalue weighted by atomic mass is 10.2. The minimum absolute atomic E-state index is 0.0254. The molecule has 0 atom stereocenters. The van der Waals surface area contributed by atoms with E-state index in [4.69, 9.17) is 4.52 Å². The molecule has 0 radical (unpaired) electrons. The first-order chi connectivity index (χ1) is 11.7. The van der Waals surface area contributed by atoms with Crippen molar-refractivity contribution in [3.05, 3.63) is 30.3 Å². The van der Waals surface area contributed by atoms with Crippen molar-refractivity contribution in [2.45, 2.75) is 31.7 Å². The molecule has 1 aliphatic rings. The van der Waals surface area contributed by atoms with Crippen LogP contribution in [-0.2, 0) is 4.79 Å². The van der Waals surface area contributed by atoms with Crippen molar-refractivity contribution in [3.63, 3.8) is 0 Å². The average molecular weight is 329 g/mol. The zero-order valence-electron chi connectivity index (χ0n) is 13.1. The van der Waals surface area contributed by atoms with Gasteiger partial charge in [-0.05, 0) is 12.8 Å². The van der Waals surface area contributed by atoms with Crippen molar-refractivity contribution >= 4 is 18.0 Å². The van der Waals surface area contributed by atoms with E-state index in [0.717, 1.165) is 31.2 Å². The summed E-state index contributed by atoms with van der Waals surface area (Å²) in [4.78, 5) is 27.6. The van der Waals surface area contributed by atoms with Crippen molar-refractivity contribution in [3.8, 4) is 11.4 Å². The van der Waals surface area contributed by atoms with E-state index in [1.807, 2.05) is 30.3 Å². The molecular formula is C16H19N5O3. The third kappa shape index (κ3) is 4.31.